The van der Waals surface area contributed by atoms with Crippen LogP contribution in [0.25, 0.3) is 10.8 Å². The third-order valence-corrected chi connectivity index (χ3v) is 7.48. The van der Waals surface area contributed by atoms with Crippen LogP contribution in [0.1, 0.15) is 31.8 Å². The quantitative estimate of drug-likeness (QED) is 0.130. The number of carbonyl (C=O) groups excluding carboxylic acids is 2. The van der Waals surface area contributed by atoms with E-state index in [4.69, 9.17) is 34.8 Å². The Morgan fingerprint density at radius 2 is 1.24 bits per heavy atom. The lowest BCUT2D eigenvalue weighted by molar-refractivity contribution is 0.101. The van der Waals surface area contributed by atoms with E-state index in [9.17, 15) is 14.7 Å². The molecule has 0 aliphatic heterocycles. The van der Waals surface area contributed by atoms with Gasteiger partial charge in [0, 0.05) is 22.3 Å². The van der Waals surface area contributed by atoms with Gasteiger partial charge >= 0.3 is 0 Å². The molecule has 0 bridgehead atoms. The third-order valence-electron chi connectivity index (χ3n) is 6.46. The maximum Gasteiger partial charge on any atom is 0.259 e. The second-order valence-electron chi connectivity index (χ2n) is 9.62. The lowest BCUT2D eigenvalue weighted by Crippen LogP contribution is -2.13. The van der Waals surface area contributed by atoms with Gasteiger partial charge in [-0.2, -0.15) is 0 Å². The van der Waals surface area contributed by atoms with Crippen molar-refractivity contribution < 1.29 is 14.7 Å². The molecular formula is C32H23Cl3N4O3. The van der Waals surface area contributed by atoms with Crippen molar-refractivity contribution >= 4 is 80.1 Å². The summed E-state index contributed by atoms with van der Waals surface area (Å²) in [6, 6.07) is 23.9. The molecule has 0 spiro atoms. The van der Waals surface area contributed by atoms with Crippen molar-refractivity contribution in [1.82, 2.24) is 0 Å². The number of nitrogens with zero attached hydrogens (tertiary/aromatic N) is 2. The molecule has 0 saturated heterocycles. The topological polar surface area (TPSA) is 103 Å². The molecule has 42 heavy (non-hydrogen) atoms. The molecule has 210 valence electrons. The normalized spacial score (nSPS) is 11.2. The van der Waals surface area contributed by atoms with Gasteiger partial charge in [0.1, 0.15) is 11.4 Å². The number of fused-ring (bicyclic) bond motifs is 1. The third kappa shape index (κ3) is 6.39. The van der Waals surface area contributed by atoms with Gasteiger partial charge in [0.2, 0.25) is 0 Å². The minimum atomic E-state index is -0.572. The monoisotopic (exact) mass is 616 g/mol. The van der Waals surface area contributed by atoms with Gasteiger partial charge in [0.15, 0.2) is 5.75 Å². The average molecular weight is 618 g/mol. The highest BCUT2D eigenvalue weighted by atomic mass is 35.5. The van der Waals surface area contributed by atoms with Gasteiger partial charge in [0.05, 0.1) is 20.6 Å². The number of benzene rings is 5. The van der Waals surface area contributed by atoms with Gasteiger partial charge in [0.25, 0.3) is 11.8 Å². The van der Waals surface area contributed by atoms with Crippen LogP contribution < -0.4 is 10.6 Å². The summed E-state index contributed by atoms with van der Waals surface area (Å²) in [5, 5.41) is 26.9. The van der Waals surface area contributed by atoms with Gasteiger partial charge in [-0.25, -0.2) is 0 Å². The van der Waals surface area contributed by atoms with E-state index in [-0.39, 0.29) is 37.9 Å². The Morgan fingerprint density at radius 3 is 1.86 bits per heavy atom. The number of anilines is 2. The number of rotatable bonds is 6. The SMILES string of the molecule is Cc1ccc(NC(=O)c2ccc3c(/N=N/c4cc(Cl)c(Cl)cc4Cl)c(O)c(C(=O)Nc4ccc(C)cc4)cc3c2)cc1. The van der Waals surface area contributed by atoms with Gasteiger partial charge in [-0.05, 0) is 73.8 Å². The van der Waals surface area contributed by atoms with E-state index in [2.05, 4.69) is 20.9 Å². The fourth-order valence-corrected chi connectivity index (χ4v) is 4.74. The largest absolute Gasteiger partial charge is 0.505 e. The molecule has 0 fully saturated rings. The first-order chi connectivity index (χ1) is 20.1. The molecule has 0 saturated carbocycles. The van der Waals surface area contributed by atoms with Crippen molar-refractivity contribution in [3.05, 3.63) is 122 Å². The molecule has 5 aromatic carbocycles. The molecule has 0 heterocycles. The maximum absolute atomic E-state index is 13.3. The molecule has 2 amide bonds. The Balaban J connectivity index is 1.59. The number of phenols is 1. The maximum atomic E-state index is 13.3. The minimum Gasteiger partial charge on any atom is -0.505 e. The van der Waals surface area contributed by atoms with Gasteiger partial charge in [-0.1, -0.05) is 76.3 Å². The van der Waals surface area contributed by atoms with Crippen LogP contribution in [0.3, 0.4) is 0 Å². The predicted molar refractivity (Wildman–Crippen MR) is 170 cm³/mol. The van der Waals surface area contributed by atoms with Crippen molar-refractivity contribution in [3.63, 3.8) is 0 Å². The zero-order valence-corrected chi connectivity index (χ0v) is 24.6. The van der Waals surface area contributed by atoms with Crippen LogP contribution in [0.2, 0.25) is 15.1 Å². The number of hydrogen-bond acceptors (Lipinski definition) is 5. The van der Waals surface area contributed by atoms with Crippen LogP contribution in [0, 0.1) is 13.8 Å². The number of aryl methyl sites for hydroxylation is 2. The smallest absolute Gasteiger partial charge is 0.259 e. The number of halogens is 3. The van der Waals surface area contributed by atoms with Gasteiger partial charge in [-0.3, -0.25) is 9.59 Å². The summed E-state index contributed by atoms with van der Waals surface area (Å²) < 4.78 is 0. The Kier molecular flexibility index (Phi) is 8.45. The summed E-state index contributed by atoms with van der Waals surface area (Å²) in [6.07, 6.45) is 0. The number of amides is 2. The molecule has 0 unspecified atom stereocenters. The standard InChI is InChI=1S/C32H23Cl3N4O3/c1-17-3-8-21(9-4-17)36-31(41)19-7-12-23-20(13-19)14-24(32(42)37-22-10-5-18(2)6-11-22)30(40)29(23)39-38-28-16-26(34)25(33)15-27(28)35/h3-16,40H,1-2H3,(H,36,41)(H,37,42)/b39-38+. The number of aromatic hydroxyl groups is 1. The van der Waals surface area contributed by atoms with Crippen LogP contribution in [0.4, 0.5) is 22.7 Å². The van der Waals surface area contributed by atoms with Crippen LogP contribution in [0.5, 0.6) is 5.75 Å². The Bertz CT molecular complexity index is 1870. The Hall–Kier alpha value is -4.43. The highest BCUT2D eigenvalue weighted by Crippen LogP contribution is 2.41. The second kappa shape index (κ2) is 12.2. The number of hydrogen-bond donors (Lipinski definition) is 3. The summed E-state index contributed by atoms with van der Waals surface area (Å²) in [5.41, 5.74) is 3.78. The van der Waals surface area contributed by atoms with Crippen molar-refractivity contribution in [3.8, 4) is 5.75 Å². The van der Waals surface area contributed by atoms with E-state index in [1.54, 1.807) is 30.3 Å². The molecule has 0 aromatic heterocycles. The summed E-state index contributed by atoms with van der Waals surface area (Å²) in [4.78, 5) is 26.4. The molecule has 0 aliphatic carbocycles. The molecule has 0 radical (unpaired) electrons. The van der Waals surface area contributed by atoms with E-state index in [1.165, 1.54) is 18.2 Å². The summed E-state index contributed by atoms with van der Waals surface area (Å²) in [5.74, 6) is -1.31. The summed E-state index contributed by atoms with van der Waals surface area (Å²) in [6.45, 7) is 3.89. The van der Waals surface area contributed by atoms with E-state index >= 15 is 0 Å². The van der Waals surface area contributed by atoms with E-state index in [1.807, 2.05) is 50.2 Å². The minimum absolute atomic E-state index is 0.00851. The first-order valence-corrected chi connectivity index (χ1v) is 13.8. The molecule has 0 atom stereocenters. The second-order valence-corrected chi connectivity index (χ2v) is 10.8. The Morgan fingerprint density at radius 1 is 0.667 bits per heavy atom. The van der Waals surface area contributed by atoms with Crippen LogP contribution in [-0.4, -0.2) is 16.9 Å². The molecule has 5 rings (SSSR count). The molecule has 5 aromatic rings. The highest BCUT2D eigenvalue weighted by Gasteiger charge is 2.20. The number of nitrogens with one attached hydrogen (secondary N) is 2. The van der Waals surface area contributed by atoms with Crippen LogP contribution in [-0.2, 0) is 0 Å². The summed E-state index contributed by atoms with van der Waals surface area (Å²) >= 11 is 18.4. The lowest BCUT2D eigenvalue weighted by Gasteiger charge is -2.13. The summed E-state index contributed by atoms with van der Waals surface area (Å²) in [7, 11) is 0. The van der Waals surface area contributed by atoms with Crippen molar-refractivity contribution in [2.45, 2.75) is 13.8 Å². The van der Waals surface area contributed by atoms with E-state index < -0.39 is 11.7 Å². The predicted octanol–water partition coefficient (Wildman–Crippen LogP) is 10.0. The van der Waals surface area contributed by atoms with E-state index in [0.717, 1.165) is 11.1 Å². The first-order valence-electron chi connectivity index (χ1n) is 12.7. The van der Waals surface area contributed by atoms with Crippen molar-refractivity contribution in [2.75, 3.05) is 10.6 Å². The molecule has 10 heteroatoms. The number of phenolic OH excluding ortho intramolecular Hbond substituents is 1. The fourth-order valence-electron chi connectivity index (χ4n) is 4.16. The molecule has 7 nitrogen and oxygen atoms in total. The van der Waals surface area contributed by atoms with Crippen molar-refractivity contribution in [1.29, 1.82) is 0 Å². The van der Waals surface area contributed by atoms with Crippen LogP contribution >= 0.6 is 34.8 Å². The Labute approximate surface area is 256 Å². The zero-order valence-electron chi connectivity index (χ0n) is 22.4. The average Bonchev–Trinajstić information content (AvgIpc) is 2.96. The lowest BCUT2D eigenvalue weighted by atomic mass is 10.00. The molecule has 0 aliphatic rings. The molecule has 3 N–H and O–H groups in total. The van der Waals surface area contributed by atoms with Gasteiger partial charge < -0.3 is 15.7 Å². The fraction of sp³-hybridized carbons (Fsp3) is 0.0625. The van der Waals surface area contributed by atoms with E-state index in [0.29, 0.717) is 27.7 Å². The zero-order chi connectivity index (χ0) is 30.0. The van der Waals surface area contributed by atoms with Gasteiger partial charge in [-0.15, -0.1) is 10.2 Å². The highest BCUT2D eigenvalue weighted by molar-refractivity contribution is 6.43. The molecular weight excluding hydrogens is 595 g/mol. The first kappa shape index (κ1) is 29.1. The number of azo groups is 1. The number of carbonyl (C=O) groups is 2. The van der Waals surface area contributed by atoms with Crippen LogP contribution in [0.15, 0.2) is 95.2 Å². The van der Waals surface area contributed by atoms with Crippen molar-refractivity contribution in [2.24, 2.45) is 10.2 Å².